The van der Waals surface area contributed by atoms with E-state index in [0.717, 1.165) is 41.8 Å². The topological polar surface area (TPSA) is 53.5 Å². The Labute approximate surface area is 185 Å². The molecule has 2 amide bonds. The summed E-state index contributed by atoms with van der Waals surface area (Å²) in [4.78, 5) is 32.5. The van der Waals surface area contributed by atoms with Crippen LogP contribution < -0.4 is 0 Å². The predicted octanol–water partition coefficient (Wildman–Crippen LogP) is 3.88. The van der Waals surface area contributed by atoms with Crippen molar-refractivity contribution in [2.24, 2.45) is 5.92 Å². The second kappa shape index (κ2) is 8.92. The zero-order valence-corrected chi connectivity index (χ0v) is 17.9. The molecule has 32 heavy (non-hydrogen) atoms. The number of carbonyl (C=O) groups excluding carboxylic acids is 2. The largest absolute Gasteiger partial charge is 0.416 e. The Balaban J connectivity index is 1.30. The van der Waals surface area contributed by atoms with E-state index in [4.69, 9.17) is 0 Å². The highest BCUT2D eigenvalue weighted by Crippen LogP contribution is 2.30. The lowest BCUT2D eigenvalue weighted by molar-refractivity contribution is -0.138. The van der Waals surface area contributed by atoms with Gasteiger partial charge in [0, 0.05) is 50.9 Å². The smallest absolute Gasteiger partial charge is 0.345 e. The van der Waals surface area contributed by atoms with Crippen molar-refractivity contribution in [1.82, 2.24) is 14.8 Å². The van der Waals surface area contributed by atoms with E-state index in [9.17, 15) is 22.8 Å². The van der Waals surface area contributed by atoms with Gasteiger partial charge in [0.2, 0.25) is 11.8 Å². The van der Waals surface area contributed by atoms with Crippen LogP contribution in [0.3, 0.4) is 0 Å². The molecule has 0 N–H and O–H groups in total. The van der Waals surface area contributed by atoms with Gasteiger partial charge in [0.1, 0.15) is 0 Å². The van der Waals surface area contributed by atoms with Crippen LogP contribution >= 0.6 is 0 Å². The Kier molecular flexibility index (Phi) is 6.22. The van der Waals surface area contributed by atoms with Gasteiger partial charge < -0.3 is 9.80 Å². The fourth-order valence-electron chi connectivity index (χ4n) is 4.51. The predicted molar refractivity (Wildman–Crippen MR) is 113 cm³/mol. The summed E-state index contributed by atoms with van der Waals surface area (Å²) in [6.45, 7) is 1.82. The van der Waals surface area contributed by atoms with E-state index in [1.165, 1.54) is 12.1 Å². The standard InChI is InChI=1S/C24H26F3N3O2/c1-29-15-19(13-22(29)31)23(32)30-10-8-18(9-11-30)21-7-4-17(14-28-21)12-16-2-5-20(6-3-16)24(25,26)27/h2-7,14,18-19H,8-13,15H2,1H3/t19-/m0/s1. The molecule has 0 saturated carbocycles. The quantitative estimate of drug-likeness (QED) is 0.718. The summed E-state index contributed by atoms with van der Waals surface area (Å²) in [5, 5.41) is 0. The molecule has 2 aromatic rings. The first-order valence-corrected chi connectivity index (χ1v) is 10.8. The lowest BCUT2D eigenvalue weighted by atomic mass is 9.91. The minimum atomic E-state index is -4.33. The molecule has 8 heteroatoms. The molecule has 0 unspecified atom stereocenters. The summed E-state index contributed by atoms with van der Waals surface area (Å²) in [6.07, 6.45) is -0.0670. The highest BCUT2D eigenvalue weighted by molar-refractivity contribution is 5.89. The molecule has 3 heterocycles. The van der Waals surface area contributed by atoms with Crippen molar-refractivity contribution in [2.45, 2.75) is 37.8 Å². The number of aromatic nitrogens is 1. The first-order chi connectivity index (χ1) is 15.2. The molecule has 4 rings (SSSR count). The van der Waals surface area contributed by atoms with Gasteiger partial charge in [-0.25, -0.2) is 0 Å². The molecule has 1 aromatic carbocycles. The number of alkyl halides is 3. The summed E-state index contributed by atoms with van der Waals surface area (Å²) in [6, 6.07) is 9.15. The van der Waals surface area contributed by atoms with Gasteiger partial charge in [-0.1, -0.05) is 18.2 Å². The SMILES string of the molecule is CN1C[C@@H](C(=O)N2CCC(c3ccc(Cc4ccc(C(F)(F)F)cc4)cn3)CC2)CC1=O. The van der Waals surface area contributed by atoms with E-state index in [1.807, 2.05) is 17.0 Å². The second-order valence-corrected chi connectivity index (χ2v) is 8.74. The first-order valence-electron chi connectivity index (χ1n) is 10.8. The fraction of sp³-hybridized carbons (Fsp3) is 0.458. The molecule has 1 atom stereocenters. The number of carbonyl (C=O) groups is 2. The number of amides is 2. The molecule has 2 fully saturated rings. The molecule has 1 aromatic heterocycles. The fourth-order valence-corrected chi connectivity index (χ4v) is 4.51. The summed E-state index contributed by atoms with van der Waals surface area (Å²) < 4.78 is 38.1. The number of nitrogens with zero attached hydrogens (tertiary/aromatic N) is 3. The van der Waals surface area contributed by atoms with Crippen molar-refractivity contribution in [2.75, 3.05) is 26.7 Å². The van der Waals surface area contributed by atoms with Crippen LogP contribution in [0.15, 0.2) is 42.6 Å². The summed E-state index contributed by atoms with van der Waals surface area (Å²) >= 11 is 0. The van der Waals surface area contributed by atoms with Gasteiger partial charge in [-0.2, -0.15) is 13.2 Å². The molecule has 2 aliphatic heterocycles. The van der Waals surface area contributed by atoms with Crippen LogP contribution in [0.5, 0.6) is 0 Å². The van der Waals surface area contributed by atoms with Crippen molar-refractivity contribution in [1.29, 1.82) is 0 Å². The van der Waals surface area contributed by atoms with E-state index in [-0.39, 0.29) is 23.7 Å². The number of likely N-dealkylation sites (tertiary alicyclic amines) is 2. The number of pyridine rings is 1. The number of rotatable bonds is 4. The molecule has 0 aliphatic carbocycles. The molecule has 0 spiro atoms. The third kappa shape index (κ3) is 4.95. The molecule has 2 aliphatic rings. The van der Waals surface area contributed by atoms with Crippen LogP contribution in [0.2, 0.25) is 0 Å². The number of hydrogen-bond donors (Lipinski definition) is 0. The van der Waals surface area contributed by atoms with Crippen molar-refractivity contribution in [3.63, 3.8) is 0 Å². The van der Waals surface area contributed by atoms with E-state index in [2.05, 4.69) is 4.98 Å². The Morgan fingerprint density at radius 1 is 1.06 bits per heavy atom. The van der Waals surface area contributed by atoms with Crippen LogP contribution in [0.25, 0.3) is 0 Å². The van der Waals surface area contributed by atoms with Crippen molar-refractivity contribution in [3.8, 4) is 0 Å². The van der Waals surface area contributed by atoms with Gasteiger partial charge >= 0.3 is 6.18 Å². The van der Waals surface area contributed by atoms with Crippen LogP contribution in [0.1, 0.15) is 47.6 Å². The number of halogens is 3. The summed E-state index contributed by atoms with van der Waals surface area (Å²) in [5.41, 5.74) is 2.07. The zero-order valence-electron chi connectivity index (χ0n) is 17.9. The van der Waals surface area contributed by atoms with Gasteiger partial charge in [0.05, 0.1) is 11.5 Å². The third-order valence-corrected chi connectivity index (χ3v) is 6.45. The maximum atomic E-state index is 12.7. The van der Waals surface area contributed by atoms with Crippen LogP contribution in [-0.4, -0.2) is 53.3 Å². The lowest BCUT2D eigenvalue weighted by Crippen LogP contribution is -2.42. The highest BCUT2D eigenvalue weighted by atomic mass is 19.4. The molecular formula is C24H26F3N3O2. The van der Waals surface area contributed by atoms with Gasteiger partial charge in [0.25, 0.3) is 0 Å². The minimum Gasteiger partial charge on any atom is -0.345 e. The number of benzene rings is 1. The first kappa shape index (κ1) is 22.3. The Bertz CT molecular complexity index is 965. The third-order valence-electron chi connectivity index (χ3n) is 6.45. The van der Waals surface area contributed by atoms with Gasteiger partial charge in [-0.3, -0.25) is 14.6 Å². The van der Waals surface area contributed by atoms with Crippen LogP contribution in [0.4, 0.5) is 13.2 Å². The van der Waals surface area contributed by atoms with Gasteiger partial charge in [-0.05, 0) is 48.6 Å². The molecule has 5 nitrogen and oxygen atoms in total. The van der Waals surface area contributed by atoms with E-state index < -0.39 is 11.7 Å². The monoisotopic (exact) mass is 445 g/mol. The van der Waals surface area contributed by atoms with Gasteiger partial charge in [0.15, 0.2) is 0 Å². The maximum Gasteiger partial charge on any atom is 0.416 e. The zero-order chi connectivity index (χ0) is 22.9. The minimum absolute atomic E-state index is 0.0267. The Hall–Kier alpha value is -2.90. The normalized spacial score (nSPS) is 20.1. The molecule has 170 valence electrons. The van der Waals surface area contributed by atoms with Crippen molar-refractivity contribution < 1.29 is 22.8 Å². The van der Waals surface area contributed by atoms with E-state index >= 15 is 0 Å². The average molecular weight is 445 g/mol. The molecular weight excluding hydrogens is 419 g/mol. The second-order valence-electron chi connectivity index (χ2n) is 8.74. The number of piperidine rings is 1. The summed E-state index contributed by atoms with van der Waals surface area (Å²) in [7, 11) is 1.73. The summed E-state index contributed by atoms with van der Waals surface area (Å²) in [5.74, 6) is 0.138. The van der Waals surface area contributed by atoms with E-state index in [1.54, 1.807) is 18.1 Å². The highest BCUT2D eigenvalue weighted by Gasteiger charge is 2.36. The maximum absolute atomic E-state index is 12.7. The van der Waals surface area contributed by atoms with Crippen LogP contribution in [-0.2, 0) is 22.2 Å². The Morgan fingerprint density at radius 3 is 2.25 bits per heavy atom. The van der Waals surface area contributed by atoms with Crippen LogP contribution in [0, 0.1) is 5.92 Å². The van der Waals surface area contributed by atoms with Crippen molar-refractivity contribution >= 4 is 11.8 Å². The lowest BCUT2D eigenvalue weighted by Gasteiger charge is -2.33. The number of hydrogen-bond acceptors (Lipinski definition) is 3. The molecule has 0 radical (unpaired) electrons. The Morgan fingerprint density at radius 2 is 1.72 bits per heavy atom. The van der Waals surface area contributed by atoms with Gasteiger partial charge in [-0.15, -0.1) is 0 Å². The molecule has 0 bridgehead atoms. The average Bonchev–Trinajstić information content (AvgIpc) is 3.12. The molecule has 2 saturated heterocycles. The van der Waals surface area contributed by atoms with E-state index in [0.29, 0.717) is 32.5 Å². The van der Waals surface area contributed by atoms with Crippen molar-refractivity contribution in [3.05, 3.63) is 65.0 Å².